The summed E-state index contributed by atoms with van der Waals surface area (Å²) in [7, 11) is 1.58. The Hall–Kier alpha value is -2.49. The van der Waals surface area contributed by atoms with E-state index in [1.54, 1.807) is 13.2 Å². The fraction of sp³-hybridized carbons (Fsp3) is 0.235. The maximum Gasteiger partial charge on any atom is 0.128 e. The normalized spacial score (nSPS) is 17.2. The zero-order valence-electron chi connectivity index (χ0n) is 12.1. The van der Waals surface area contributed by atoms with Crippen LogP contribution < -0.4 is 10.2 Å². The molecule has 3 rings (SSSR count). The number of phenols is 1. The van der Waals surface area contributed by atoms with Gasteiger partial charge in [0.25, 0.3) is 0 Å². The average molecular weight is 282 g/mol. The maximum atomic E-state index is 10.1. The molecule has 4 heteroatoms. The highest BCUT2D eigenvalue weighted by Gasteiger charge is 2.23. The molecule has 4 nitrogen and oxygen atoms in total. The molecule has 2 aromatic rings. The van der Waals surface area contributed by atoms with E-state index in [0.717, 1.165) is 17.7 Å². The van der Waals surface area contributed by atoms with E-state index in [1.807, 2.05) is 12.1 Å². The molecule has 21 heavy (non-hydrogen) atoms. The number of nitrogens with zero attached hydrogens (tertiary/aromatic N) is 1. The molecule has 1 atom stereocenters. The molecule has 0 saturated heterocycles. The number of aromatic hydroxyl groups is 1. The van der Waals surface area contributed by atoms with Crippen molar-refractivity contribution in [3.63, 3.8) is 0 Å². The smallest absolute Gasteiger partial charge is 0.128 e. The van der Waals surface area contributed by atoms with Crippen LogP contribution in [0.2, 0.25) is 0 Å². The van der Waals surface area contributed by atoms with E-state index < -0.39 is 0 Å². The average Bonchev–Trinajstić information content (AvgIpc) is 2.97. The van der Waals surface area contributed by atoms with Crippen molar-refractivity contribution in [2.45, 2.75) is 19.4 Å². The molecule has 108 valence electrons. The Balaban J connectivity index is 1.79. The number of rotatable bonds is 3. The molecule has 0 spiro atoms. The van der Waals surface area contributed by atoms with Gasteiger partial charge in [0.1, 0.15) is 11.5 Å². The molecule has 1 aliphatic rings. The highest BCUT2D eigenvalue weighted by Crippen LogP contribution is 2.30. The lowest BCUT2D eigenvalue weighted by Crippen LogP contribution is -2.09. The number of hydrazone groups is 1. The summed E-state index contributed by atoms with van der Waals surface area (Å²) in [6, 6.07) is 13.8. The van der Waals surface area contributed by atoms with Crippen molar-refractivity contribution in [1.82, 2.24) is 5.43 Å². The number of aryl methyl sites for hydroxylation is 1. The van der Waals surface area contributed by atoms with Crippen molar-refractivity contribution in [1.29, 1.82) is 0 Å². The van der Waals surface area contributed by atoms with Crippen molar-refractivity contribution in [2.75, 3.05) is 7.11 Å². The van der Waals surface area contributed by atoms with Crippen molar-refractivity contribution >= 4 is 5.71 Å². The summed E-state index contributed by atoms with van der Waals surface area (Å²) in [6.07, 6.45) is 0.753. The monoisotopic (exact) mass is 282 g/mol. The second-order valence-corrected chi connectivity index (χ2v) is 5.24. The number of nitrogens with one attached hydrogen (secondary N) is 1. The summed E-state index contributed by atoms with van der Waals surface area (Å²) >= 11 is 0. The van der Waals surface area contributed by atoms with Crippen molar-refractivity contribution in [2.24, 2.45) is 5.10 Å². The van der Waals surface area contributed by atoms with Gasteiger partial charge in [-0.05, 0) is 24.6 Å². The first kappa shape index (κ1) is 13.5. The van der Waals surface area contributed by atoms with E-state index in [1.165, 1.54) is 11.1 Å². The molecule has 1 unspecified atom stereocenters. The first-order valence-electron chi connectivity index (χ1n) is 6.93. The number of ether oxygens (including phenoxy) is 1. The molecule has 2 aromatic carbocycles. The third-order valence-electron chi connectivity index (χ3n) is 3.75. The molecule has 0 bridgehead atoms. The van der Waals surface area contributed by atoms with Gasteiger partial charge in [0, 0.05) is 18.1 Å². The first-order valence-corrected chi connectivity index (χ1v) is 6.93. The Bertz CT molecular complexity index is 678. The highest BCUT2D eigenvalue weighted by molar-refractivity contribution is 6.04. The molecule has 0 aliphatic carbocycles. The zero-order chi connectivity index (χ0) is 14.8. The fourth-order valence-corrected chi connectivity index (χ4v) is 2.48. The van der Waals surface area contributed by atoms with E-state index in [-0.39, 0.29) is 11.8 Å². The molecule has 2 N–H and O–H groups in total. The fourth-order valence-electron chi connectivity index (χ4n) is 2.48. The van der Waals surface area contributed by atoms with Gasteiger partial charge in [-0.25, -0.2) is 0 Å². The Morgan fingerprint density at radius 1 is 1.19 bits per heavy atom. The molecular weight excluding hydrogens is 264 g/mol. The standard InChI is InChI=1S/C17H18N2O2/c1-11-3-5-12(6-4-11)15-10-16(19-18-15)14-8-7-13(21-2)9-17(14)20/h3-9,15,18,20H,10H2,1-2H3. The lowest BCUT2D eigenvalue weighted by Gasteiger charge is -2.10. The molecule has 0 saturated carbocycles. The SMILES string of the molecule is COc1ccc(C2=NNC(c3ccc(C)cc3)C2)c(O)c1. The van der Waals surface area contributed by atoms with Crippen molar-refractivity contribution in [3.8, 4) is 11.5 Å². The molecule has 0 fully saturated rings. The molecule has 1 aliphatic heterocycles. The van der Waals surface area contributed by atoms with Gasteiger partial charge >= 0.3 is 0 Å². The van der Waals surface area contributed by atoms with Gasteiger partial charge in [-0.1, -0.05) is 29.8 Å². The molecule has 0 amide bonds. The zero-order valence-corrected chi connectivity index (χ0v) is 12.1. The molecular formula is C17H18N2O2. The maximum absolute atomic E-state index is 10.1. The number of hydrogen-bond acceptors (Lipinski definition) is 4. The molecule has 1 heterocycles. The number of benzene rings is 2. The van der Waals surface area contributed by atoms with Crippen molar-refractivity contribution in [3.05, 3.63) is 59.2 Å². The van der Waals surface area contributed by atoms with Crippen LogP contribution in [0.5, 0.6) is 11.5 Å². The summed E-state index contributed by atoms with van der Waals surface area (Å²) in [5.41, 5.74) is 7.19. The highest BCUT2D eigenvalue weighted by atomic mass is 16.5. The van der Waals surface area contributed by atoms with E-state index in [4.69, 9.17) is 4.74 Å². The Labute approximate surface area is 124 Å². The summed E-state index contributed by atoms with van der Waals surface area (Å²) in [5.74, 6) is 0.831. The largest absolute Gasteiger partial charge is 0.507 e. The van der Waals surface area contributed by atoms with Gasteiger partial charge in [0.05, 0.1) is 18.9 Å². The van der Waals surface area contributed by atoms with Crippen LogP contribution in [0, 0.1) is 6.92 Å². The minimum Gasteiger partial charge on any atom is -0.507 e. The number of phenolic OH excluding ortho intramolecular Hbond substituents is 1. The summed E-state index contributed by atoms with van der Waals surface area (Å²) in [5, 5.41) is 14.5. The Morgan fingerprint density at radius 2 is 1.95 bits per heavy atom. The lowest BCUT2D eigenvalue weighted by atomic mass is 9.98. The summed E-state index contributed by atoms with van der Waals surface area (Å²) < 4.78 is 5.10. The van der Waals surface area contributed by atoms with Crippen LogP contribution in [-0.2, 0) is 0 Å². The van der Waals surface area contributed by atoms with Crippen molar-refractivity contribution < 1.29 is 9.84 Å². The second-order valence-electron chi connectivity index (χ2n) is 5.24. The predicted molar refractivity (Wildman–Crippen MR) is 82.9 cm³/mol. The topological polar surface area (TPSA) is 53.8 Å². The van der Waals surface area contributed by atoms with Crippen LogP contribution in [0.15, 0.2) is 47.6 Å². The summed E-state index contributed by atoms with van der Waals surface area (Å²) in [6.45, 7) is 2.07. The number of hydrogen-bond donors (Lipinski definition) is 2. The minimum absolute atomic E-state index is 0.155. The summed E-state index contributed by atoms with van der Waals surface area (Å²) in [4.78, 5) is 0. The second kappa shape index (κ2) is 5.48. The van der Waals surface area contributed by atoms with Gasteiger partial charge in [0.15, 0.2) is 0 Å². The van der Waals surface area contributed by atoms with Crippen LogP contribution in [0.1, 0.15) is 29.2 Å². The van der Waals surface area contributed by atoms with Gasteiger partial charge in [-0.2, -0.15) is 5.10 Å². The van der Waals surface area contributed by atoms with Gasteiger partial charge in [-0.3, -0.25) is 0 Å². The van der Waals surface area contributed by atoms with Crippen LogP contribution in [0.4, 0.5) is 0 Å². The third-order valence-corrected chi connectivity index (χ3v) is 3.75. The van der Waals surface area contributed by atoms with Crippen LogP contribution in [0.25, 0.3) is 0 Å². The van der Waals surface area contributed by atoms with Crippen LogP contribution >= 0.6 is 0 Å². The van der Waals surface area contributed by atoms with Gasteiger partial charge in [0.2, 0.25) is 0 Å². The van der Waals surface area contributed by atoms with Crippen LogP contribution in [0.3, 0.4) is 0 Å². The number of methoxy groups -OCH3 is 1. The van der Waals surface area contributed by atoms with E-state index >= 15 is 0 Å². The molecule has 0 radical (unpaired) electrons. The Morgan fingerprint density at radius 3 is 2.62 bits per heavy atom. The predicted octanol–water partition coefficient (Wildman–Crippen LogP) is 3.15. The minimum atomic E-state index is 0.155. The van der Waals surface area contributed by atoms with E-state index in [2.05, 4.69) is 41.7 Å². The third kappa shape index (κ3) is 2.70. The Kier molecular flexibility index (Phi) is 3.52. The quantitative estimate of drug-likeness (QED) is 0.909. The first-order chi connectivity index (χ1) is 10.2. The van der Waals surface area contributed by atoms with Crippen LogP contribution in [-0.4, -0.2) is 17.9 Å². The van der Waals surface area contributed by atoms with Gasteiger partial charge < -0.3 is 15.3 Å². The molecule has 0 aromatic heterocycles. The van der Waals surface area contributed by atoms with E-state index in [9.17, 15) is 5.11 Å². The van der Waals surface area contributed by atoms with E-state index in [0.29, 0.717) is 5.75 Å². The lowest BCUT2D eigenvalue weighted by molar-refractivity contribution is 0.407. The van der Waals surface area contributed by atoms with Gasteiger partial charge in [-0.15, -0.1) is 0 Å².